The lowest BCUT2D eigenvalue weighted by molar-refractivity contribution is -0.156. The first-order valence-corrected chi connectivity index (χ1v) is 14.1. The Labute approximate surface area is 241 Å². The highest BCUT2D eigenvalue weighted by Crippen LogP contribution is 2.30. The van der Waals surface area contributed by atoms with E-state index in [2.05, 4.69) is 5.32 Å². The molecule has 226 valence electrons. The monoisotopic (exact) mass is 586 g/mol. The number of hydrogen-bond acceptors (Lipinski definition) is 9. The number of anilines is 1. The van der Waals surface area contributed by atoms with Crippen molar-refractivity contribution in [2.24, 2.45) is 0 Å². The number of esters is 1. The molecule has 0 spiro atoms. The first-order valence-electron chi connectivity index (χ1n) is 13.6. The third-order valence-corrected chi connectivity index (χ3v) is 5.74. The topological polar surface area (TPSA) is 122 Å². The zero-order valence-electron chi connectivity index (χ0n) is 23.8. The van der Waals surface area contributed by atoms with Crippen LogP contribution in [0, 0.1) is 0 Å². The second-order valence-electron chi connectivity index (χ2n) is 10.00. The maximum absolute atomic E-state index is 12.1. The van der Waals surface area contributed by atoms with Crippen LogP contribution in [0.25, 0.3) is 0 Å². The van der Waals surface area contributed by atoms with Gasteiger partial charge in [-0.25, -0.2) is 0 Å². The van der Waals surface area contributed by atoms with Gasteiger partial charge in [-0.05, 0) is 57.4 Å². The summed E-state index contributed by atoms with van der Waals surface area (Å²) in [5.41, 5.74) is 1.37. The van der Waals surface area contributed by atoms with Crippen molar-refractivity contribution in [2.75, 3.05) is 83.3 Å². The Morgan fingerprint density at radius 2 is 1.55 bits per heavy atom. The fourth-order valence-corrected chi connectivity index (χ4v) is 3.91. The maximum atomic E-state index is 12.1. The first-order chi connectivity index (χ1) is 19.2. The molecule has 2 amide bonds. The molecular weight excluding hydrogens is 544 g/mol. The average Bonchev–Trinajstić information content (AvgIpc) is 2.92. The number of carbonyl (C=O) groups is 3. The molecule has 0 aliphatic carbocycles. The van der Waals surface area contributed by atoms with Gasteiger partial charge in [-0.2, -0.15) is 0 Å². The molecule has 11 nitrogen and oxygen atoms in total. The lowest BCUT2D eigenvalue weighted by Gasteiger charge is -2.29. The Hall–Kier alpha value is -2.44. The Morgan fingerprint density at radius 1 is 0.925 bits per heavy atom. The highest BCUT2D eigenvalue weighted by atomic mass is 35.5. The van der Waals surface area contributed by atoms with E-state index < -0.39 is 5.60 Å². The standard InChI is InChI=1S/C28H43ClN2O9/c1-28(2,3)40-27(34)8-11-35-13-15-37-17-18-38-16-14-36-12-9-30-25(32)21-39-23-6-7-24-22(19-23)5-4-10-31(24)26(33)20-29/h6-7,19H,4-5,8-18,20-21H2,1-3H3,(H,30,32). The second kappa shape index (κ2) is 18.8. The number of halogens is 1. The Bertz CT molecular complexity index is 924. The number of hydrogen-bond donors (Lipinski definition) is 1. The van der Waals surface area contributed by atoms with Crippen LogP contribution in [0.2, 0.25) is 0 Å². The minimum Gasteiger partial charge on any atom is -0.484 e. The fraction of sp³-hybridized carbons (Fsp3) is 0.679. The zero-order chi connectivity index (χ0) is 29.2. The molecule has 1 heterocycles. The fourth-order valence-electron chi connectivity index (χ4n) is 3.77. The van der Waals surface area contributed by atoms with Gasteiger partial charge >= 0.3 is 5.97 Å². The number of alkyl halides is 1. The molecule has 0 radical (unpaired) electrons. The van der Waals surface area contributed by atoms with E-state index in [0.717, 1.165) is 24.1 Å². The van der Waals surface area contributed by atoms with Gasteiger partial charge in [0, 0.05) is 18.8 Å². The highest BCUT2D eigenvalue weighted by molar-refractivity contribution is 6.29. The molecule has 2 rings (SSSR count). The summed E-state index contributed by atoms with van der Waals surface area (Å²) in [4.78, 5) is 37.3. The van der Waals surface area contributed by atoms with Crippen LogP contribution in [0.5, 0.6) is 5.75 Å². The molecule has 1 aliphatic rings. The van der Waals surface area contributed by atoms with Gasteiger partial charge in [-0.3, -0.25) is 14.4 Å². The maximum Gasteiger partial charge on any atom is 0.308 e. The summed E-state index contributed by atoms with van der Waals surface area (Å²) in [5, 5.41) is 2.75. The van der Waals surface area contributed by atoms with Crippen molar-refractivity contribution in [3.63, 3.8) is 0 Å². The Kier molecular flexibility index (Phi) is 15.9. The van der Waals surface area contributed by atoms with E-state index in [4.69, 9.17) is 40.0 Å². The molecule has 0 bridgehead atoms. The molecule has 1 aromatic carbocycles. The molecule has 40 heavy (non-hydrogen) atoms. The summed E-state index contributed by atoms with van der Waals surface area (Å²) in [6, 6.07) is 5.45. The predicted octanol–water partition coefficient (Wildman–Crippen LogP) is 2.50. The summed E-state index contributed by atoms with van der Waals surface area (Å²) < 4.78 is 32.4. The quantitative estimate of drug-likeness (QED) is 0.148. The number of nitrogens with zero attached hydrogens (tertiary/aromatic N) is 1. The van der Waals surface area contributed by atoms with E-state index in [0.29, 0.717) is 71.7 Å². The van der Waals surface area contributed by atoms with Crippen LogP contribution in [0.1, 0.15) is 39.2 Å². The molecule has 12 heteroatoms. The van der Waals surface area contributed by atoms with Crippen molar-refractivity contribution >= 4 is 35.1 Å². The molecule has 0 atom stereocenters. The second-order valence-corrected chi connectivity index (χ2v) is 10.3. The molecular formula is C28H43ClN2O9. The Balaban J connectivity index is 1.40. The smallest absolute Gasteiger partial charge is 0.308 e. The summed E-state index contributed by atoms with van der Waals surface area (Å²) in [5.74, 6) is -0.120. The minimum atomic E-state index is -0.486. The van der Waals surface area contributed by atoms with Crippen LogP contribution < -0.4 is 15.0 Å². The summed E-state index contributed by atoms with van der Waals surface area (Å²) in [6.07, 6.45) is 1.91. The normalized spacial score (nSPS) is 13.1. The minimum absolute atomic E-state index is 0.0539. The van der Waals surface area contributed by atoms with Crippen molar-refractivity contribution < 1.29 is 42.8 Å². The van der Waals surface area contributed by atoms with E-state index in [9.17, 15) is 14.4 Å². The van der Waals surface area contributed by atoms with Gasteiger partial charge < -0.3 is 38.6 Å². The third kappa shape index (κ3) is 14.3. The lowest BCUT2D eigenvalue weighted by atomic mass is 10.0. The summed E-state index contributed by atoms with van der Waals surface area (Å²) in [7, 11) is 0. The zero-order valence-corrected chi connectivity index (χ0v) is 24.6. The lowest BCUT2D eigenvalue weighted by Crippen LogP contribution is -2.36. The van der Waals surface area contributed by atoms with Crippen LogP contribution in [-0.4, -0.2) is 102 Å². The van der Waals surface area contributed by atoms with E-state index in [1.807, 2.05) is 32.9 Å². The number of ether oxygens (including phenoxy) is 6. The number of carbonyl (C=O) groups excluding carboxylic acids is 3. The van der Waals surface area contributed by atoms with Crippen LogP contribution in [0.4, 0.5) is 5.69 Å². The van der Waals surface area contributed by atoms with Crippen LogP contribution >= 0.6 is 11.6 Å². The molecule has 1 aliphatic heterocycles. The number of benzene rings is 1. The number of fused-ring (bicyclic) bond motifs is 1. The van der Waals surface area contributed by atoms with E-state index in [-0.39, 0.29) is 36.7 Å². The molecule has 0 saturated carbocycles. The predicted molar refractivity (Wildman–Crippen MR) is 150 cm³/mol. The van der Waals surface area contributed by atoms with Gasteiger partial charge in [0.2, 0.25) is 5.91 Å². The van der Waals surface area contributed by atoms with Crippen molar-refractivity contribution in [1.29, 1.82) is 0 Å². The van der Waals surface area contributed by atoms with Crippen molar-refractivity contribution in [3.05, 3.63) is 23.8 Å². The average molecular weight is 587 g/mol. The van der Waals surface area contributed by atoms with Crippen molar-refractivity contribution in [3.8, 4) is 5.75 Å². The molecule has 1 aromatic rings. The molecule has 0 aromatic heterocycles. The van der Waals surface area contributed by atoms with E-state index in [1.54, 1.807) is 11.0 Å². The number of nitrogens with one attached hydrogen (secondary N) is 1. The van der Waals surface area contributed by atoms with E-state index >= 15 is 0 Å². The van der Waals surface area contributed by atoms with E-state index in [1.165, 1.54) is 0 Å². The van der Waals surface area contributed by atoms with Crippen LogP contribution in [0.3, 0.4) is 0 Å². The first kappa shape index (κ1) is 33.8. The largest absolute Gasteiger partial charge is 0.484 e. The molecule has 0 saturated heterocycles. The van der Waals surface area contributed by atoms with Gasteiger partial charge in [-0.15, -0.1) is 11.6 Å². The SMILES string of the molecule is CC(C)(C)OC(=O)CCOCCOCCOCCOCCNC(=O)COc1ccc2c(c1)CCCN2C(=O)CCl. The number of aryl methyl sites for hydroxylation is 1. The van der Waals surface area contributed by atoms with Gasteiger partial charge in [0.15, 0.2) is 6.61 Å². The highest BCUT2D eigenvalue weighted by Gasteiger charge is 2.22. The van der Waals surface area contributed by atoms with Gasteiger partial charge in [0.25, 0.3) is 5.91 Å². The van der Waals surface area contributed by atoms with Gasteiger partial charge in [-0.1, -0.05) is 0 Å². The number of rotatable bonds is 19. The van der Waals surface area contributed by atoms with Crippen molar-refractivity contribution in [2.45, 2.75) is 45.6 Å². The van der Waals surface area contributed by atoms with Crippen molar-refractivity contribution in [1.82, 2.24) is 5.32 Å². The third-order valence-electron chi connectivity index (χ3n) is 5.51. The molecule has 0 unspecified atom stereocenters. The Morgan fingerprint density at radius 3 is 2.17 bits per heavy atom. The molecule has 0 fully saturated rings. The van der Waals surface area contributed by atoms with Crippen LogP contribution in [0.15, 0.2) is 18.2 Å². The van der Waals surface area contributed by atoms with Gasteiger partial charge in [0.1, 0.15) is 17.2 Å². The van der Waals surface area contributed by atoms with Gasteiger partial charge in [0.05, 0.1) is 59.3 Å². The summed E-state index contributed by atoms with van der Waals surface area (Å²) in [6.45, 7) is 9.53. The molecule has 1 N–H and O–H groups in total. The van der Waals surface area contributed by atoms with Crippen LogP contribution in [-0.2, 0) is 44.5 Å². The number of amides is 2. The summed E-state index contributed by atoms with van der Waals surface area (Å²) >= 11 is 5.71.